The van der Waals surface area contributed by atoms with Crippen molar-refractivity contribution in [2.24, 2.45) is 0 Å². The molecule has 0 atom stereocenters. The lowest BCUT2D eigenvalue weighted by molar-refractivity contribution is -0.138. The SMILES string of the molecule is CC1(C)OB(/C=C/COCCc2ccc(N3CCN(CC(=O)O)CC3)nc2)OC1(C)C. The predicted octanol–water partition coefficient (Wildman–Crippen LogP) is 2.03. The molecular formula is C22H34BN3O5. The summed E-state index contributed by atoms with van der Waals surface area (Å²) in [6.07, 6.45) is 4.63. The second-order valence-corrected chi connectivity index (χ2v) is 9.06. The van der Waals surface area contributed by atoms with Crippen molar-refractivity contribution < 1.29 is 23.9 Å². The molecule has 0 unspecified atom stereocenters. The minimum absolute atomic E-state index is 0.103. The Kier molecular flexibility index (Phi) is 7.75. The van der Waals surface area contributed by atoms with Crippen molar-refractivity contribution in [3.63, 3.8) is 0 Å². The van der Waals surface area contributed by atoms with Gasteiger partial charge in [-0.15, -0.1) is 0 Å². The van der Waals surface area contributed by atoms with Gasteiger partial charge in [-0.1, -0.05) is 18.1 Å². The Labute approximate surface area is 185 Å². The van der Waals surface area contributed by atoms with Gasteiger partial charge >= 0.3 is 13.1 Å². The number of carboxylic acids is 1. The Hall–Kier alpha value is -1.94. The van der Waals surface area contributed by atoms with Gasteiger partial charge in [0, 0.05) is 32.4 Å². The number of aromatic nitrogens is 1. The van der Waals surface area contributed by atoms with Crippen LogP contribution in [-0.4, -0.2) is 85.2 Å². The Morgan fingerprint density at radius 1 is 1.19 bits per heavy atom. The van der Waals surface area contributed by atoms with Gasteiger partial charge in [-0.2, -0.15) is 0 Å². The number of piperazine rings is 1. The van der Waals surface area contributed by atoms with Crippen molar-refractivity contribution in [2.45, 2.75) is 45.3 Å². The maximum Gasteiger partial charge on any atom is 0.486 e. The lowest BCUT2D eigenvalue weighted by atomic mass is 9.90. The van der Waals surface area contributed by atoms with Crippen LogP contribution in [0.25, 0.3) is 0 Å². The fraction of sp³-hybridized carbons (Fsp3) is 0.636. The largest absolute Gasteiger partial charge is 0.486 e. The monoisotopic (exact) mass is 431 g/mol. The van der Waals surface area contributed by atoms with Gasteiger partial charge in [-0.25, -0.2) is 4.98 Å². The summed E-state index contributed by atoms with van der Waals surface area (Å²) in [7, 11) is -0.337. The molecule has 2 aliphatic rings. The molecule has 1 aromatic rings. The van der Waals surface area contributed by atoms with E-state index in [1.807, 2.05) is 56.9 Å². The van der Waals surface area contributed by atoms with Crippen molar-refractivity contribution in [3.8, 4) is 0 Å². The molecule has 0 amide bonds. The van der Waals surface area contributed by atoms with Crippen LogP contribution < -0.4 is 4.90 Å². The van der Waals surface area contributed by atoms with Crippen LogP contribution in [0.15, 0.2) is 30.4 Å². The van der Waals surface area contributed by atoms with E-state index < -0.39 is 5.97 Å². The van der Waals surface area contributed by atoms with E-state index in [1.165, 1.54) is 0 Å². The van der Waals surface area contributed by atoms with Gasteiger partial charge in [0.1, 0.15) is 5.82 Å². The van der Waals surface area contributed by atoms with Gasteiger partial charge in [-0.3, -0.25) is 9.69 Å². The van der Waals surface area contributed by atoms with Crippen molar-refractivity contribution in [2.75, 3.05) is 50.8 Å². The van der Waals surface area contributed by atoms with Crippen LogP contribution in [0.2, 0.25) is 0 Å². The number of rotatable bonds is 9. The highest BCUT2D eigenvalue weighted by Crippen LogP contribution is 2.36. The molecule has 2 saturated heterocycles. The van der Waals surface area contributed by atoms with Gasteiger partial charge in [0.15, 0.2) is 0 Å². The zero-order valence-corrected chi connectivity index (χ0v) is 19.0. The highest BCUT2D eigenvalue weighted by atomic mass is 16.7. The molecule has 3 heterocycles. The van der Waals surface area contributed by atoms with Crippen LogP contribution in [0.5, 0.6) is 0 Å². The number of anilines is 1. The van der Waals surface area contributed by atoms with Gasteiger partial charge in [0.2, 0.25) is 0 Å². The zero-order chi connectivity index (χ0) is 22.5. The number of ether oxygens (including phenoxy) is 1. The van der Waals surface area contributed by atoms with Crippen molar-refractivity contribution in [3.05, 3.63) is 35.9 Å². The molecule has 2 fully saturated rings. The van der Waals surface area contributed by atoms with Crippen LogP contribution in [0, 0.1) is 0 Å². The van der Waals surface area contributed by atoms with E-state index in [2.05, 4.69) is 16.0 Å². The third-order valence-corrected chi connectivity index (χ3v) is 6.18. The third kappa shape index (κ3) is 6.52. The highest BCUT2D eigenvalue weighted by Gasteiger charge is 2.49. The van der Waals surface area contributed by atoms with Gasteiger partial charge in [-0.05, 0) is 45.7 Å². The summed E-state index contributed by atoms with van der Waals surface area (Å²) in [6, 6.07) is 4.11. The number of hydrogen-bond acceptors (Lipinski definition) is 7. The molecule has 170 valence electrons. The molecule has 0 radical (unpaired) electrons. The summed E-state index contributed by atoms with van der Waals surface area (Å²) in [4.78, 5) is 19.5. The summed E-state index contributed by atoms with van der Waals surface area (Å²) in [5.74, 6) is 2.06. The minimum atomic E-state index is -0.776. The summed E-state index contributed by atoms with van der Waals surface area (Å²) >= 11 is 0. The average molecular weight is 431 g/mol. The topological polar surface area (TPSA) is 84.4 Å². The zero-order valence-electron chi connectivity index (χ0n) is 19.0. The normalized spacial score (nSPS) is 21.2. The second-order valence-electron chi connectivity index (χ2n) is 9.06. The molecule has 0 aliphatic carbocycles. The Morgan fingerprint density at radius 3 is 2.45 bits per heavy atom. The van der Waals surface area contributed by atoms with Crippen LogP contribution in [0.4, 0.5) is 5.82 Å². The van der Waals surface area contributed by atoms with E-state index in [0.29, 0.717) is 13.2 Å². The first-order valence-corrected chi connectivity index (χ1v) is 10.9. The molecule has 0 bridgehead atoms. The molecule has 9 heteroatoms. The standard InChI is InChI=1S/C22H34BN3O5/c1-21(2)22(3,4)31-23(30-21)9-5-14-29-15-8-18-6-7-19(24-16-18)26-12-10-25(11-13-26)17-20(27)28/h5-7,9,16H,8,10-15,17H2,1-4H3,(H,27,28)/b9-5+. The van der Waals surface area contributed by atoms with Gasteiger partial charge in [0.25, 0.3) is 0 Å². The molecule has 0 saturated carbocycles. The molecule has 8 nitrogen and oxygen atoms in total. The number of nitrogens with zero attached hydrogens (tertiary/aromatic N) is 3. The Balaban J connectivity index is 1.34. The van der Waals surface area contributed by atoms with Crippen molar-refractivity contribution in [1.29, 1.82) is 0 Å². The second kappa shape index (κ2) is 10.1. The number of hydrogen-bond donors (Lipinski definition) is 1. The van der Waals surface area contributed by atoms with Crippen LogP contribution in [0.1, 0.15) is 33.3 Å². The van der Waals surface area contributed by atoms with E-state index in [0.717, 1.165) is 44.0 Å². The molecule has 1 aromatic heterocycles. The molecule has 3 rings (SSSR count). The predicted molar refractivity (Wildman–Crippen MR) is 120 cm³/mol. The number of carboxylic acid groups (broad SMARTS) is 1. The smallest absolute Gasteiger partial charge is 0.480 e. The Bertz CT molecular complexity index is 745. The van der Waals surface area contributed by atoms with Crippen LogP contribution >= 0.6 is 0 Å². The first-order valence-electron chi connectivity index (χ1n) is 10.9. The average Bonchev–Trinajstić information content (AvgIpc) is 2.91. The van der Waals surface area contributed by atoms with Gasteiger partial charge in [0.05, 0.1) is 31.0 Å². The lowest BCUT2D eigenvalue weighted by Gasteiger charge is -2.34. The lowest BCUT2D eigenvalue weighted by Crippen LogP contribution is -2.48. The number of aliphatic carboxylic acids is 1. The fourth-order valence-electron chi connectivity index (χ4n) is 3.55. The minimum Gasteiger partial charge on any atom is -0.480 e. The fourth-order valence-corrected chi connectivity index (χ4v) is 3.55. The van der Waals surface area contributed by atoms with Crippen LogP contribution in [-0.2, 0) is 25.3 Å². The highest BCUT2D eigenvalue weighted by molar-refractivity contribution is 6.51. The first-order chi connectivity index (χ1) is 14.7. The van der Waals surface area contributed by atoms with Crippen LogP contribution in [0.3, 0.4) is 0 Å². The third-order valence-electron chi connectivity index (χ3n) is 6.18. The first kappa shape index (κ1) is 23.7. The summed E-state index contributed by atoms with van der Waals surface area (Å²) in [5, 5.41) is 8.89. The van der Waals surface area contributed by atoms with E-state index >= 15 is 0 Å². The molecule has 2 aliphatic heterocycles. The molecule has 0 aromatic carbocycles. The molecular weight excluding hydrogens is 397 g/mol. The number of carbonyl (C=O) groups is 1. The van der Waals surface area contributed by atoms with E-state index in [9.17, 15) is 4.79 Å². The maximum absolute atomic E-state index is 10.8. The van der Waals surface area contributed by atoms with E-state index in [4.69, 9.17) is 19.2 Å². The van der Waals surface area contributed by atoms with Crippen molar-refractivity contribution >= 4 is 18.9 Å². The summed E-state index contributed by atoms with van der Waals surface area (Å²) in [5.41, 5.74) is 0.477. The Morgan fingerprint density at radius 2 is 1.87 bits per heavy atom. The molecule has 31 heavy (non-hydrogen) atoms. The molecule has 0 spiro atoms. The summed E-state index contributed by atoms with van der Waals surface area (Å²) < 4.78 is 17.5. The molecule has 1 N–H and O–H groups in total. The van der Waals surface area contributed by atoms with Crippen molar-refractivity contribution in [1.82, 2.24) is 9.88 Å². The maximum atomic E-state index is 10.8. The summed E-state index contributed by atoms with van der Waals surface area (Å²) in [6.45, 7) is 12.4. The number of pyridine rings is 1. The quantitative estimate of drug-likeness (QED) is 0.470. The van der Waals surface area contributed by atoms with E-state index in [-0.39, 0.29) is 24.9 Å². The van der Waals surface area contributed by atoms with Gasteiger partial charge < -0.3 is 24.1 Å². The van der Waals surface area contributed by atoms with E-state index in [1.54, 1.807) is 0 Å².